The molecule has 1 aliphatic carbocycles. The van der Waals surface area contributed by atoms with Crippen molar-refractivity contribution in [1.82, 2.24) is 9.97 Å². The number of rotatable bonds is 5. The van der Waals surface area contributed by atoms with Crippen LogP contribution in [-0.2, 0) is 0 Å². The summed E-state index contributed by atoms with van der Waals surface area (Å²) < 4.78 is 19.3. The van der Waals surface area contributed by atoms with Crippen LogP contribution in [0.1, 0.15) is 36.1 Å². The standard InChI is InChI=1S/C22H20FN3O/c23-17-9-7-16(8-10-17)22(24)21(15-11-13-25-14-12-15)19-5-2-6-20(26-19)27-18-3-1-4-18/h2,5-14,18H,1,3-4,24H2. The van der Waals surface area contributed by atoms with Crippen molar-refractivity contribution in [2.75, 3.05) is 0 Å². The van der Waals surface area contributed by atoms with Crippen molar-refractivity contribution in [3.8, 4) is 5.88 Å². The highest BCUT2D eigenvalue weighted by atomic mass is 19.1. The van der Waals surface area contributed by atoms with Gasteiger partial charge in [0.05, 0.1) is 5.69 Å². The fraction of sp³-hybridized carbons (Fsp3) is 0.182. The quantitative estimate of drug-likeness (QED) is 0.731. The molecule has 27 heavy (non-hydrogen) atoms. The van der Waals surface area contributed by atoms with E-state index in [1.54, 1.807) is 24.5 Å². The zero-order chi connectivity index (χ0) is 18.6. The summed E-state index contributed by atoms with van der Waals surface area (Å²) in [7, 11) is 0. The average Bonchev–Trinajstić information content (AvgIpc) is 2.67. The van der Waals surface area contributed by atoms with E-state index in [1.165, 1.54) is 18.6 Å². The molecule has 136 valence electrons. The maximum Gasteiger partial charge on any atom is 0.214 e. The number of hydrogen-bond acceptors (Lipinski definition) is 4. The van der Waals surface area contributed by atoms with Crippen LogP contribution in [0.3, 0.4) is 0 Å². The van der Waals surface area contributed by atoms with Gasteiger partial charge in [-0.15, -0.1) is 0 Å². The lowest BCUT2D eigenvalue weighted by molar-refractivity contribution is 0.114. The molecule has 5 heteroatoms. The van der Waals surface area contributed by atoms with Gasteiger partial charge in [-0.2, -0.15) is 0 Å². The van der Waals surface area contributed by atoms with Crippen LogP contribution in [0, 0.1) is 5.82 Å². The molecule has 0 atom stereocenters. The van der Waals surface area contributed by atoms with Gasteiger partial charge in [-0.1, -0.05) is 6.07 Å². The number of halogens is 1. The topological polar surface area (TPSA) is 61.0 Å². The predicted octanol–water partition coefficient (Wildman–Crippen LogP) is 4.42. The molecule has 1 saturated carbocycles. The number of pyridine rings is 2. The van der Waals surface area contributed by atoms with E-state index in [0.717, 1.165) is 29.5 Å². The molecule has 4 nitrogen and oxygen atoms in total. The van der Waals surface area contributed by atoms with Crippen molar-refractivity contribution in [3.63, 3.8) is 0 Å². The zero-order valence-corrected chi connectivity index (χ0v) is 14.8. The molecule has 4 rings (SSSR count). The maximum absolute atomic E-state index is 13.3. The molecule has 2 aromatic heterocycles. The lowest BCUT2D eigenvalue weighted by atomic mass is 9.96. The highest BCUT2D eigenvalue weighted by Gasteiger charge is 2.20. The third kappa shape index (κ3) is 3.82. The Morgan fingerprint density at radius 3 is 2.37 bits per heavy atom. The Hall–Kier alpha value is -3.21. The van der Waals surface area contributed by atoms with Crippen LogP contribution in [0.4, 0.5) is 4.39 Å². The summed E-state index contributed by atoms with van der Waals surface area (Å²) in [5.41, 5.74) is 10.1. The lowest BCUT2D eigenvalue weighted by Gasteiger charge is -2.26. The first-order valence-corrected chi connectivity index (χ1v) is 9.01. The molecular weight excluding hydrogens is 341 g/mol. The van der Waals surface area contributed by atoms with Crippen LogP contribution >= 0.6 is 0 Å². The van der Waals surface area contributed by atoms with E-state index in [1.807, 2.05) is 30.3 Å². The van der Waals surface area contributed by atoms with Crippen LogP contribution in [0.25, 0.3) is 11.3 Å². The Labute approximate surface area is 157 Å². The lowest BCUT2D eigenvalue weighted by Crippen LogP contribution is -2.25. The first-order valence-electron chi connectivity index (χ1n) is 9.01. The normalized spacial score (nSPS) is 15.0. The first-order chi connectivity index (χ1) is 13.2. The Bertz CT molecular complexity index is 951. The first kappa shape index (κ1) is 17.2. The van der Waals surface area contributed by atoms with Crippen molar-refractivity contribution in [2.45, 2.75) is 25.4 Å². The Kier molecular flexibility index (Phi) is 4.83. The Morgan fingerprint density at radius 1 is 0.963 bits per heavy atom. The molecule has 0 radical (unpaired) electrons. The van der Waals surface area contributed by atoms with Gasteiger partial charge >= 0.3 is 0 Å². The number of ether oxygens (including phenoxy) is 1. The van der Waals surface area contributed by atoms with E-state index >= 15 is 0 Å². The summed E-state index contributed by atoms with van der Waals surface area (Å²) in [4.78, 5) is 8.76. The van der Waals surface area contributed by atoms with Gasteiger partial charge in [0.15, 0.2) is 0 Å². The van der Waals surface area contributed by atoms with Crippen LogP contribution < -0.4 is 10.5 Å². The molecule has 0 spiro atoms. The van der Waals surface area contributed by atoms with E-state index in [9.17, 15) is 4.39 Å². The van der Waals surface area contributed by atoms with Gasteiger partial charge in [-0.05, 0) is 72.9 Å². The molecule has 0 bridgehead atoms. The van der Waals surface area contributed by atoms with E-state index in [2.05, 4.69) is 9.97 Å². The SMILES string of the molecule is NC(=C(c1ccncc1)c1cccc(OC2CCC2)n1)c1ccc(F)cc1. The van der Waals surface area contributed by atoms with Gasteiger partial charge in [0.1, 0.15) is 11.9 Å². The fourth-order valence-corrected chi connectivity index (χ4v) is 3.01. The smallest absolute Gasteiger partial charge is 0.214 e. The molecule has 0 saturated heterocycles. The van der Waals surface area contributed by atoms with Crippen molar-refractivity contribution in [3.05, 3.63) is 89.6 Å². The van der Waals surface area contributed by atoms with Gasteiger partial charge < -0.3 is 10.5 Å². The Morgan fingerprint density at radius 2 is 1.70 bits per heavy atom. The van der Waals surface area contributed by atoms with Crippen molar-refractivity contribution in [2.24, 2.45) is 5.73 Å². The number of hydrogen-bond donors (Lipinski definition) is 1. The minimum atomic E-state index is -0.300. The summed E-state index contributed by atoms with van der Waals surface area (Å²) in [5, 5.41) is 0. The number of aromatic nitrogens is 2. The minimum absolute atomic E-state index is 0.246. The summed E-state index contributed by atoms with van der Waals surface area (Å²) in [6, 6.07) is 15.6. The summed E-state index contributed by atoms with van der Waals surface area (Å²) >= 11 is 0. The third-order valence-corrected chi connectivity index (χ3v) is 4.71. The third-order valence-electron chi connectivity index (χ3n) is 4.71. The number of benzene rings is 1. The molecule has 1 aromatic carbocycles. The molecule has 1 fully saturated rings. The van der Waals surface area contributed by atoms with Crippen LogP contribution in [0.5, 0.6) is 5.88 Å². The van der Waals surface area contributed by atoms with E-state index in [-0.39, 0.29) is 11.9 Å². The summed E-state index contributed by atoms with van der Waals surface area (Å²) in [6.07, 6.45) is 7.00. The van der Waals surface area contributed by atoms with E-state index in [4.69, 9.17) is 10.5 Å². The van der Waals surface area contributed by atoms with Crippen LogP contribution in [-0.4, -0.2) is 16.1 Å². The zero-order valence-electron chi connectivity index (χ0n) is 14.8. The second-order valence-electron chi connectivity index (χ2n) is 6.56. The molecule has 0 aliphatic heterocycles. The van der Waals surface area contributed by atoms with Crippen molar-refractivity contribution >= 4 is 11.3 Å². The monoisotopic (exact) mass is 361 g/mol. The van der Waals surface area contributed by atoms with Crippen LogP contribution in [0.2, 0.25) is 0 Å². The highest BCUT2D eigenvalue weighted by molar-refractivity contribution is 5.96. The second kappa shape index (κ2) is 7.58. The second-order valence-corrected chi connectivity index (χ2v) is 6.56. The van der Waals surface area contributed by atoms with Gasteiger partial charge in [-0.25, -0.2) is 9.37 Å². The average molecular weight is 361 g/mol. The predicted molar refractivity (Wildman–Crippen MR) is 103 cm³/mol. The molecule has 0 amide bonds. The van der Waals surface area contributed by atoms with Gasteiger partial charge in [0, 0.05) is 29.7 Å². The molecule has 3 aromatic rings. The van der Waals surface area contributed by atoms with E-state index < -0.39 is 0 Å². The Balaban J connectivity index is 1.80. The summed E-state index contributed by atoms with van der Waals surface area (Å²) in [6.45, 7) is 0. The van der Waals surface area contributed by atoms with Gasteiger partial charge in [0.25, 0.3) is 0 Å². The highest BCUT2D eigenvalue weighted by Crippen LogP contribution is 2.30. The minimum Gasteiger partial charge on any atom is -0.474 e. The number of nitrogens with two attached hydrogens (primary N) is 1. The maximum atomic E-state index is 13.3. The largest absolute Gasteiger partial charge is 0.474 e. The molecule has 1 aliphatic rings. The molecule has 2 N–H and O–H groups in total. The molecular formula is C22H20FN3O. The molecule has 0 unspecified atom stereocenters. The van der Waals surface area contributed by atoms with Crippen molar-refractivity contribution in [1.29, 1.82) is 0 Å². The molecule has 2 heterocycles. The fourth-order valence-electron chi connectivity index (χ4n) is 3.01. The summed E-state index contributed by atoms with van der Waals surface area (Å²) in [5.74, 6) is 0.293. The van der Waals surface area contributed by atoms with Crippen LogP contribution in [0.15, 0.2) is 67.0 Å². The number of nitrogens with zero attached hydrogens (tertiary/aromatic N) is 2. The van der Waals surface area contributed by atoms with Crippen molar-refractivity contribution < 1.29 is 9.13 Å². The van der Waals surface area contributed by atoms with Gasteiger partial charge in [-0.3, -0.25) is 4.98 Å². The van der Waals surface area contributed by atoms with E-state index in [0.29, 0.717) is 17.3 Å². The van der Waals surface area contributed by atoms with Gasteiger partial charge in [0.2, 0.25) is 5.88 Å².